The zero-order chi connectivity index (χ0) is 28.8. The summed E-state index contributed by atoms with van der Waals surface area (Å²) in [5, 5.41) is 0. The summed E-state index contributed by atoms with van der Waals surface area (Å²) in [6.45, 7) is 9.55. The van der Waals surface area contributed by atoms with Crippen LogP contribution < -0.4 is 4.74 Å². The third-order valence-corrected chi connectivity index (χ3v) is 7.21. The minimum absolute atomic E-state index is 0.150. The maximum Gasteiger partial charge on any atom is 0.338 e. The molecule has 0 amide bonds. The van der Waals surface area contributed by atoms with Gasteiger partial charge >= 0.3 is 5.97 Å². The highest BCUT2D eigenvalue weighted by atomic mass is 16.5. The van der Waals surface area contributed by atoms with E-state index in [2.05, 4.69) is 111 Å². The fourth-order valence-corrected chi connectivity index (χ4v) is 4.89. The van der Waals surface area contributed by atoms with Crippen molar-refractivity contribution in [2.45, 2.75) is 26.7 Å². The molecule has 41 heavy (non-hydrogen) atoms. The van der Waals surface area contributed by atoms with E-state index in [9.17, 15) is 4.79 Å². The lowest BCUT2D eigenvalue weighted by Crippen LogP contribution is -2.08. The van der Waals surface area contributed by atoms with Crippen molar-refractivity contribution in [3.8, 4) is 5.75 Å². The fourth-order valence-electron chi connectivity index (χ4n) is 4.89. The molecule has 0 heterocycles. The van der Waals surface area contributed by atoms with Crippen LogP contribution in [0.3, 0.4) is 0 Å². The van der Waals surface area contributed by atoms with Crippen molar-refractivity contribution in [2.75, 3.05) is 0 Å². The van der Waals surface area contributed by atoms with Crippen molar-refractivity contribution < 1.29 is 9.53 Å². The summed E-state index contributed by atoms with van der Waals surface area (Å²) < 4.78 is 5.40. The normalized spacial score (nSPS) is 11.4. The van der Waals surface area contributed by atoms with Crippen LogP contribution in [-0.4, -0.2) is 5.97 Å². The second-order valence-electron chi connectivity index (χ2n) is 10.5. The van der Waals surface area contributed by atoms with Gasteiger partial charge in [-0.25, -0.2) is 4.79 Å². The van der Waals surface area contributed by atoms with Crippen LogP contribution in [-0.2, 0) is 4.79 Å². The molecule has 0 saturated carbocycles. The summed E-state index contributed by atoms with van der Waals surface area (Å²) in [5.41, 5.74) is 11.0. The summed E-state index contributed by atoms with van der Waals surface area (Å²) >= 11 is 0. The number of aryl methyl sites for hydroxylation is 2. The van der Waals surface area contributed by atoms with Gasteiger partial charge in [-0.1, -0.05) is 133 Å². The van der Waals surface area contributed by atoms with E-state index in [1.807, 2.05) is 42.5 Å². The van der Waals surface area contributed by atoms with Gasteiger partial charge in [0.15, 0.2) is 0 Å². The summed E-state index contributed by atoms with van der Waals surface area (Å²) in [7, 11) is 0. The Morgan fingerprint density at radius 2 is 1.10 bits per heavy atom. The van der Waals surface area contributed by atoms with Crippen molar-refractivity contribution in [3.05, 3.63) is 184 Å². The molecule has 202 valence electrons. The molecule has 0 radical (unpaired) electrons. The topological polar surface area (TPSA) is 26.3 Å². The Kier molecular flexibility index (Phi) is 8.41. The van der Waals surface area contributed by atoms with E-state index in [0.29, 0.717) is 11.3 Å². The van der Waals surface area contributed by atoms with Gasteiger partial charge in [-0.3, -0.25) is 0 Å². The summed E-state index contributed by atoms with van der Waals surface area (Å²) in [4.78, 5) is 11.9. The lowest BCUT2D eigenvalue weighted by atomic mass is 9.84. The Morgan fingerprint density at radius 1 is 0.634 bits per heavy atom. The highest BCUT2D eigenvalue weighted by molar-refractivity contribution is 5.92. The van der Waals surface area contributed by atoms with Crippen molar-refractivity contribution in [1.29, 1.82) is 0 Å². The van der Waals surface area contributed by atoms with Crippen LogP contribution >= 0.6 is 0 Å². The van der Waals surface area contributed by atoms with Gasteiger partial charge in [0, 0.05) is 11.5 Å². The first-order valence-corrected chi connectivity index (χ1v) is 13.9. The Morgan fingerprint density at radius 3 is 1.59 bits per heavy atom. The van der Waals surface area contributed by atoms with Gasteiger partial charge in [0.05, 0.1) is 0 Å². The van der Waals surface area contributed by atoms with Crippen molar-refractivity contribution >= 4 is 17.6 Å². The number of carbonyl (C=O) groups excluding carboxylic acids is 1. The molecule has 2 nitrogen and oxygen atoms in total. The highest BCUT2D eigenvalue weighted by Crippen LogP contribution is 2.34. The molecule has 5 aromatic carbocycles. The molecule has 0 unspecified atom stereocenters. The zero-order valence-electron chi connectivity index (χ0n) is 23.8. The second-order valence-corrected chi connectivity index (χ2v) is 10.5. The molecule has 0 aliphatic rings. The van der Waals surface area contributed by atoms with Crippen LogP contribution in [0, 0.1) is 13.8 Å². The van der Waals surface area contributed by atoms with Gasteiger partial charge in [-0.05, 0) is 77.9 Å². The van der Waals surface area contributed by atoms with Crippen molar-refractivity contribution in [2.24, 2.45) is 0 Å². The van der Waals surface area contributed by atoms with Crippen LogP contribution in [0.25, 0.3) is 11.6 Å². The number of rotatable bonds is 8. The quantitative estimate of drug-likeness (QED) is 0.0651. The molecular weight excluding hydrogens is 500 g/mol. The maximum atomic E-state index is 11.9. The third-order valence-electron chi connectivity index (χ3n) is 7.21. The predicted molar refractivity (Wildman–Crippen MR) is 170 cm³/mol. The van der Waals surface area contributed by atoms with Gasteiger partial charge in [0.1, 0.15) is 5.75 Å². The van der Waals surface area contributed by atoms with Gasteiger partial charge in [-0.15, -0.1) is 0 Å². The molecule has 2 heteroatoms. The van der Waals surface area contributed by atoms with E-state index in [-0.39, 0.29) is 5.92 Å². The second kappa shape index (κ2) is 12.5. The molecule has 0 aromatic heterocycles. The van der Waals surface area contributed by atoms with Gasteiger partial charge in [-0.2, -0.15) is 0 Å². The largest absolute Gasteiger partial charge is 0.423 e. The molecule has 0 saturated heterocycles. The van der Waals surface area contributed by atoms with Gasteiger partial charge in [0.25, 0.3) is 0 Å². The van der Waals surface area contributed by atoms with E-state index >= 15 is 0 Å². The lowest BCUT2D eigenvalue weighted by Gasteiger charge is -2.20. The molecule has 0 aliphatic carbocycles. The lowest BCUT2D eigenvalue weighted by molar-refractivity contribution is -0.130. The van der Waals surface area contributed by atoms with Gasteiger partial charge < -0.3 is 4.74 Å². The zero-order valence-corrected chi connectivity index (χ0v) is 23.8. The average molecular weight is 535 g/mol. The molecule has 5 aromatic rings. The van der Waals surface area contributed by atoms with Crippen LogP contribution in [0.15, 0.2) is 140 Å². The van der Waals surface area contributed by atoms with Crippen LogP contribution in [0.4, 0.5) is 0 Å². The van der Waals surface area contributed by atoms with Crippen LogP contribution in [0.2, 0.25) is 0 Å². The smallest absolute Gasteiger partial charge is 0.338 e. The van der Waals surface area contributed by atoms with Crippen LogP contribution in [0.5, 0.6) is 5.75 Å². The standard InChI is InChI=1S/C39H34O2/c1-27(2)39(40)41-36-24-22-32(23-25-36)37(31-8-6-5-7-9-31)26-30-14-20-35(21-15-30)38(33-16-10-28(3)11-17-33)34-18-12-29(4)13-19-34/h5-26,38H,1H2,2-4H3. The summed E-state index contributed by atoms with van der Waals surface area (Å²) in [5.74, 6) is 0.222. The number of hydrogen-bond donors (Lipinski definition) is 0. The molecular formula is C39H34O2. The Labute approximate surface area is 243 Å². The molecule has 0 N–H and O–H groups in total. The molecule has 0 fully saturated rings. The Balaban J connectivity index is 1.50. The van der Waals surface area contributed by atoms with E-state index in [1.165, 1.54) is 27.8 Å². The molecule has 0 bridgehead atoms. The summed E-state index contributed by atoms with van der Waals surface area (Å²) in [6, 6.07) is 44.5. The monoisotopic (exact) mass is 534 g/mol. The van der Waals surface area contributed by atoms with E-state index < -0.39 is 5.97 Å². The molecule has 0 atom stereocenters. The first-order chi connectivity index (χ1) is 19.9. The number of ether oxygens (including phenoxy) is 1. The first-order valence-electron chi connectivity index (χ1n) is 13.9. The van der Waals surface area contributed by atoms with Crippen molar-refractivity contribution in [3.63, 3.8) is 0 Å². The number of carbonyl (C=O) groups is 1. The molecule has 0 spiro atoms. The Hall–Kier alpha value is -4.95. The minimum atomic E-state index is -0.425. The highest BCUT2D eigenvalue weighted by Gasteiger charge is 2.17. The number of benzene rings is 5. The van der Waals surface area contributed by atoms with E-state index in [1.54, 1.807) is 6.92 Å². The molecule has 5 rings (SSSR count). The maximum absolute atomic E-state index is 11.9. The van der Waals surface area contributed by atoms with E-state index in [0.717, 1.165) is 22.3 Å². The fraction of sp³-hybridized carbons (Fsp3) is 0.103. The van der Waals surface area contributed by atoms with Crippen LogP contribution in [0.1, 0.15) is 57.3 Å². The SMILES string of the molecule is C=C(C)C(=O)Oc1ccc(C(=Cc2ccc(C(c3ccc(C)cc3)c3ccc(C)cc3)cc2)c2ccccc2)cc1. The van der Waals surface area contributed by atoms with Crippen molar-refractivity contribution in [1.82, 2.24) is 0 Å². The number of hydrogen-bond acceptors (Lipinski definition) is 2. The third kappa shape index (κ3) is 6.80. The average Bonchev–Trinajstić information content (AvgIpc) is 2.99. The predicted octanol–water partition coefficient (Wildman–Crippen LogP) is 9.55. The van der Waals surface area contributed by atoms with Gasteiger partial charge in [0.2, 0.25) is 0 Å². The summed E-state index contributed by atoms with van der Waals surface area (Å²) in [6.07, 6.45) is 2.21. The van der Waals surface area contributed by atoms with E-state index in [4.69, 9.17) is 4.74 Å². The first kappa shape index (κ1) is 27.6. The number of esters is 1. The Bertz CT molecular complexity index is 1610. The molecule has 0 aliphatic heterocycles. The minimum Gasteiger partial charge on any atom is -0.423 e.